The second-order valence-electron chi connectivity index (χ2n) is 6.68. The molecule has 1 N–H and O–H groups in total. The first-order valence-electron chi connectivity index (χ1n) is 8.88. The molecule has 25 heavy (non-hydrogen) atoms. The van der Waals surface area contributed by atoms with Crippen LogP contribution in [0.4, 0.5) is 5.95 Å². The number of hydrogen-bond donors (Lipinski definition) is 1. The van der Waals surface area contributed by atoms with Gasteiger partial charge in [-0.2, -0.15) is 0 Å². The van der Waals surface area contributed by atoms with Gasteiger partial charge in [0.2, 0.25) is 12.4 Å². The molecule has 0 radical (unpaired) electrons. The number of fused-ring (bicyclic) bond motifs is 1. The molecule has 4 rings (SSSR count). The number of carbonyl (C=O) groups is 1. The Morgan fingerprint density at radius 1 is 1.16 bits per heavy atom. The molecular formula is C20H22N4O. The number of rotatable bonds is 5. The number of amides is 1. The van der Waals surface area contributed by atoms with Crippen LogP contribution in [0.15, 0.2) is 24.4 Å². The van der Waals surface area contributed by atoms with Gasteiger partial charge < -0.3 is 10.2 Å². The van der Waals surface area contributed by atoms with Crippen molar-refractivity contribution in [1.82, 2.24) is 15.3 Å². The smallest absolute Gasteiger partial charge is 0.226 e. The van der Waals surface area contributed by atoms with Gasteiger partial charge in [0, 0.05) is 36.1 Å². The summed E-state index contributed by atoms with van der Waals surface area (Å²) in [6, 6.07) is 6.41. The maximum atomic E-state index is 10.4. The van der Waals surface area contributed by atoms with Crippen LogP contribution in [-0.2, 0) is 17.6 Å². The van der Waals surface area contributed by atoms with E-state index in [-0.39, 0.29) is 0 Å². The summed E-state index contributed by atoms with van der Waals surface area (Å²) in [5.41, 5.74) is 6.96. The molecule has 0 spiro atoms. The van der Waals surface area contributed by atoms with E-state index in [4.69, 9.17) is 9.97 Å². The zero-order valence-corrected chi connectivity index (χ0v) is 14.5. The fourth-order valence-corrected chi connectivity index (χ4v) is 3.46. The summed E-state index contributed by atoms with van der Waals surface area (Å²) in [5.74, 6) is 0.877. The Hall–Kier alpha value is -2.69. The van der Waals surface area contributed by atoms with E-state index in [2.05, 4.69) is 35.3 Å². The SMILES string of the molecule is Cc1ccc(-c2nc(N3CCC3)nc3c2CCC3)cc1/C=C\NC=O. The molecule has 0 unspecified atom stereocenters. The van der Waals surface area contributed by atoms with Gasteiger partial charge in [-0.3, -0.25) is 4.79 Å². The predicted octanol–water partition coefficient (Wildman–Crippen LogP) is 2.87. The van der Waals surface area contributed by atoms with Crippen LogP contribution in [0.1, 0.15) is 35.2 Å². The third kappa shape index (κ3) is 3.02. The van der Waals surface area contributed by atoms with Gasteiger partial charge in [-0.25, -0.2) is 9.97 Å². The molecule has 2 aliphatic rings. The highest BCUT2D eigenvalue weighted by Gasteiger charge is 2.24. The van der Waals surface area contributed by atoms with Crippen molar-refractivity contribution in [1.29, 1.82) is 0 Å². The van der Waals surface area contributed by atoms with Crippen molar-refractivity contribution in [3.05, 3.63) is 46.8 Å². The van der Waals surface area contributed by atoms with Crippen molar-refractivity contribution in [2.45, 2.75) is 32.6 Å². The van der Waals surface area contributed by atoms with Gasteiger partial charge >= 0.3 is 0 Å². The van der Waals surface area contributed by atoms with E-state index >= 15 is 0 Å². The maximum Gasteiger partial charge on any atom is 0.226 e. The Balaban J connectivity index is 1.77. The quantitative estimate of drug-likeness (QED) is 0.854. The Labute approximate surface area is 147 Å². The van der Waals surface area contributed by atoms with E-state index < -0.39 is 0 Å². The Morgan fingerprint density at radius 2 is 2.04 bits per heavy atom. The van der Waals surface area contributed by atoms with E-state index in [0.29, 0.717) is 6.41 Å². The zero-order chi connectivity index (χ0) is 17.2. The summed E-state index contributed by atoms with van der Waals surface area (Å²) < 4.78 is 0. The monoisotopic (exact) mass is 334 g/mol. The molecule has 128 valence electrons. The number of anilines is 1. The summed E-state index contributed by atoms with van der Waals surface area (Å²) in [6.07, 6.45) is 8.73. The van der Waals surface area contributed by atoms with Crippen LogP contribution < -0.4 is 10.2 Å². The van der Waals surface area contributed by atoms with Gasteiger partial charge in [0.25, 0.3) is 0 Å². The topological polar surface area (TPSA) is 58.1 Å². The molecule has 5 heteroatoms. The molecule has 2 aromatic rings. The normalized spacial score (nSPS) is 16.0. The Morgan fingerprint density at radius 3 is 2.80 bits per heavy atom. The number of nitrogens with one attached hydrogen (secondary N) is 1. The molecule has 1 aliphatic heterocycles. The third-order valence-electron chi connectivity index (χ3n) is 5.04. The molecule has 1 aromatic carbocycles. The maximum absolute atomic E-state index is 10.4. The summed E-state index contributed by atoms with van der Waals surface area (Å²) in [7, 11) is 0. The van der Waals surface area contributed by atoms with E-state index in [9.17, 15) is 4.79 Å². The van der Waals surface area contributed by atoms with Crippen molar-refractivity contribution < 1.29 is 4.79 Å². The van der Waals surface area contributed by atoms with E-state index in [1.165, 1.54) is 23.2 Å². The molecule has 1 aliphatic carbocycles. The lowest BCUT2D eigenvalue weighted by Crippen LogP contribution is -2.38. The molecule has 1 saturated heterocycles. The second-order valence-corrected chi connectivity index (χ2v) is 6.68. The summed E-state index contributed by atoms with van der Waals surface area (Å²) >= 11 is 0. The minimum atomic E-state index is 0.673. The zero-order valence-electron chi connectivity index (χ0n) is 14.5. The van der Waals surface area contributed by atoms with Crippen LogP contribution >= 0.6 is 0 Å². The van der Waals surface area contributed by atoms with Crippen LogP contribution in [0.25, 0.3) is 17.3 Å². The summed E-state index contributed by atoms with van der Waals surface area (Å²) in [6.45, 7) is 4.18. The van der Waals surface area contributed by atoms with E-state index in [1.54, 1.807) is 6.20 Å². The molecule has 2 heterocycles. The van der Waals surface area contributed by atoms with Gasteiger partial charge in [0.15, 0.2) is 0 Å². The Kier molecular flexibility index (Phi) is 4.22. The standard InChI is InChI=1S/C20H22N4O/c1-14-6-7-16(12-15(14)8-9-21-13-25)19-17-4-2-5-18(17)22-20(23-19)24-10-3-11-24/h6-9,12-13H,2-5,10-11H2,1H3,(H,21,25)/b9-8-. The summed E-state index contributed by atoms with van der Waals surface area (Å²) in [4.78, 5) is 22.4. The minimum Gasteiger partial charge on any atom is -0.341 e. The fourth-order valence-electron chi connectivity index (χ4n) is 3.46. The van der Waals surface area contributed by atoms with Gasteiger partial charge in [0.05, 0.1) is 5.69 Å². The number of carbonyl (C=O) groups excluding carboxylic acids is 1. The lowest BCUT2D eigenvalue weighted by molar-refractivity contribution is -0.108. The third-order valence-corrected chi connectivity index (χ3v) is 5.04. The van der Waals surface area contributed by atoms with Crippen LogP contribution in [-0.4, -0.2) is 29.5 Å². The van der Waals surface area contributed by atoms with Crippen molar-refractivity contribution in [3.63, 3.8) is 0 Å². The average molecular weight is 334 g/mol. The molecule has 1 fully saturated rings. The van der Waals surface area contributed by atoms with Crippen molar-refractivity contribution >= 4 is 18.4 Å². The van der Waals surface area contributed by atoms with Crippen molar-refractivity contribution in [2.75, 3.05) is 18.0 Å². The molecule has 0 bridgehead atoms. The summed E-state index contributed by atoms with van der Waals surface area (Å²) in [5, 5.41) is 2.57. The fraction of sp³-hybridized carbons (Fsp3) is 0.350. The first-order valence-corrected chi connectivity index (χ1v) is 8.88. The highest BCUT2D eigenvalue weighted by molar-refractivity contribution is 5.71. The molecule has 5 nitrogen and oxygen atoms in total. The number of aryl methyl sites for hydroxylation is 2. The number of nitrogens with zero attached hydrogens (tertiary/aromatic N) is 3. The van der Waals surface area contributed by atoms with Gasteiger partial charge in [-0.1, -0.05) is 12.1 Å². The predicted molar refractivity (Wildman–Crippen MR) is 99.3 cm³/mol. The number of benzene rings is 1. The van der Waals surface area contributed by atoms with Crippen molar-refractivity contribution in [3.8, 4) is 11.3 Å². The lowest BCUT2D eigenvalue weighted by atomic mass is 9.99. The second kappa shape index (κ2) is 6.67. The van der Waals surface area contributed by atoms with E-state index in [0.717, 1.165) is 55.1 Å². The molecule has 1 amide bonds. The molecule has 0 saturated carbocycles. The number of aromatic nitrogens is 2. The van der Waals surface area contributed by atoms with Crippen LogP contribution in [0.5, 0.6) is 0 Å². The van der Waals surface area contributed by atoms with Gasteiger partial charge in [-0.15, -0.1) is 0 Å². The highest BCUT2D eigenvalue weighted by Crippen LogP contribution is 2.33. The first-order chi connectivity index (χ1) is 12.3. The largest absolute Gasteiger partial charge is 0.341 e. The van der Waals surface area contributed by atoms with Crippen molar-refractivity contribution in [2.24, 2.45) is 0 Å². The molecule has 0 atom stereocenters. The van der Waals surface area contributed by atoms with Gasteiger partial charge in [0.1, 0.15) is 0 Å². The van der Waals surface area contributed by atoms with E-state index in [1.807, 2.05) is 6.08 Å². The van der Waals surface area contributed by atoms with Crippen LogP contribution in [0.3, 0.4) is 0 Å². The van der Waals surface area contributed by atoms with Crippen LogP contribution in [0.2, 0.25) is 0 Å². The average Bonchev–Trinajstić information content (AvgIpc) is 3.03. The highest BCUT2D eigenvalue weighted by atomic mass is 16.1. The van der Waals surface area contributed by atoms with Gasteiger partial charge in [-0.05, 0) is 55.9 Å². The molecular weight excluding hydrogens is 312 g/mol. The van der Waals surface area contributed by atoms with Crippen LogP contribution in [0, 0.1) is 6.92 Å². The Bertz CT molecular complexity index is 840. The molecule has 1 aromatic heterocycles. The number of hydrogen-bond acceptors (Lipinski definition) is 4. The first kappa shape index (κ1) is 15.8. The lowest BCUT2D eigenvalue weighted by Gasteiger charge is -2.31. The minimum absolute atomic E-state index is 0.673.